The van der Waals surface area contributed by atoms with Crippen LogP contribution in [0.3, 0.4) is 0 Å². The summed E-state index contributed by atoms with van der Waals surface area (Å²) in [7, 11) is 1.69. The van der Waals surface area contributed by atoms with Gasteiger partial charge in [-0.05, 0) is 19.1 Å². The maximum Gasteiger partial charge on any atom is 0.254 e. The number of hydrogen-bond donors (Lipinski definition) is 2. The van der Waals surface area contributed by atoms with Gasteiger partial charge in [0, 0.05) is 18.3 Å². The van der Waals surface area contributed by atoms with Gasteiger partial charge < -0.3 is 10.6 Å². The van der Waals surface area contributed by atoms with Crippen LogP contribution in [0, 0.1) is 6.92 Å². The van der Waals surface area contributed by atoms with Crippen LogP contribution in [-0.4, -0.2) is 38.0 Å². The summed E-state index contributed by atoms with van der Waals surface area (Å²) >= 11 is 0. The molecule has 3 N–H and O–H groups in total. The van der Waals surface area contributed by atoms with E-state index in [2.05, 4.69) is 20.2 Å². The van der Waals surface area contributed by atoms with Crippen LogP contribution in [0.1, 0.15) is 21.9 Å². The molecule has 18 heavy (non-hydrogen) atoms. The lowest BCUT2D eigenvalue weighted by atomic mass is 10.2. The van der Waals surface area contributed by atoms with Crippen LogP contribution in [0.25, 0.3) is 0 Å². The average molecular weight is 246 g/mol. The Bertz CT molecular complexity index is 530. The van der Waals surface area contributed by atoms with Crippen molar-refractivity contribution >= 4 is 11.7 Å². The Labute approximate surface area is 104 Å². The molecule has 0 aliphatic carbocycles. The fourth-order valence-corrected chi connectivity index (χ4v) is 1.64. The third-order valence-electron chi connectivity index (χ3n) is 2.42. The molecule has 7 nitrogen and oxygen atoms in total. The van der Waals surface area contributed by atoms with E-state index in [-0.39, 0.29) is 5.91 Å². The summed E-state index contributed by atoms with van der Waals surface area (Å²) in [6.07, 6.45) is 1.40. The first-order valence-electron chi connectivity index (χ1n) is 5.40. The molecule has 2 aromatic heterocycles. The molecule has 0 saturated carbocycles. The highest BCUT2D eigenvalue weighted by molar-refractivity contribution is 5.94. The molecule has 1 amide bonds. The number of rotatable bonds is 3. The number of pyridine rings is 1. The van der Waals surface area contributed by atoms with Gasteiger partial charge in [0.2, 0.25) is 0 Å². The Morgan fingerprint density at radius 2 is 2.28 bits per heavy atom. The van der Waals surface area contributed by atoms with Crippen molar-refractivity contribution in [1.82, 2.24) is 25.1 Å². The molecule has 0 radical (unpaired) electrons. The van der Waals surface area contributed by atoms with Gasteiger partial charge in [-0.15, -0.1) is 0 Å². The highest BCUT2D eigenvalue weighted by Crippen LogP contribution is 2.10. The standard InChI is InChI=1S/C11H14N6O/c1-7-3-8(4-9(12)15-7)11(18)17(2)5-10-13-6-14-16-10/h3-4,6H,5H2,1-2H3,(H2,12,15)(H,13,14,16). The summed E-state index contributed by atoms with van der Waals surface area (Å²) in [6.45, 7) is 2.16. The molecule has 0 spiro atoms. The van der Waals surface area contributed by atoms with Crippen molar-refractivity contribution in [3.05, 3.63) is 35.5 Å². The number of carbonyl (C=O) groups excluding carboxylic acids is 1. The number of hydrogen-bond acceptors (Lipinski definition) is 5. The average Bonchev–Trinajstić information content (AvgIpc) is 2.79. The van der Waals surface area contributed by atoms with Crippen molar-refractivity contribution in [2.75, 3.05) is 12.8 Å². The molecular weight excluding hydrogens is 232 g/mol. The zero-order valence-corrected chi connectivity index (χ0v) is 10.2. The zero-order chi connectivity index (χ0) is 13.1. The maximum atomic E-state index is 12.2. The van der Waals surface area contributed by atoms with Crippen LogP contribution in [0.15, 0.2) is 18.5 Å². The number of amides is 1. The van der Waals surface area contributed by atoms with E-state index < -0.39 is 0 Å². The number of nitrogens with zero attached hydrogens (tertiary/aromatic N) is 4. The summed E-state index contributed by atoms with van der Waals surface area (Å²) in [6, 6.07) is 3.27. The second-order valence-corrected chi connectivity index (χ2v) is 4.02. The lowest BCUT2D eigenvalue weighted by Crippen LogP contribution is -2.27. The molecule has 0 saturated heterocycles. The Morgan fingerprint density at radius 3 is 2.89 bits per heavy atom. The fourth-order valence-electron chi connectivity index (χ4n) is 1.64. The molecule has 0 aromatic carbocycles. The highest BCUT2D eigenvalue weighted by Gasteiger charge is 2.14. The minimum Gasteiger partial charge on any atom is -0.384 e. The first kappa shape index (κ1) is 12.0. The van der Waals surface area contributed by atoms with E-state index in [4.69, 9.17) is 5.73 Å². The van der Waals surface area contributed by atoms with Crippen LogP contribution >= 0.6 is 0 Å². The van der Waals surface area contributed by atoms with Crippen molar-refractivity contribution in [3.8, 4) is 0 Å². The van der Waals surface area contributed by atoms with Gasteiger partial charge in [0.1, 0.15) is 18.0 Å². The number of nitrogen functional groups attached to an aromatic ring is 1. The van der Waals surface area contributed by atoms with Gasteiger partial charge in [0.05, 0.1) is 6.54 Å². The number of nitrogens with one attached hydrogen (secondary N) is 1. The molecule has 94 valence electrons. The molecule has 0 bridgehead atoms. The molecule has 0 atom stereocenters. The molecule has 0 aliphatic rings. The van der Waals surface area contributed by atoms with Gasteiger partial charge >= 0.3 is 0 Å². The maximum absolute atomic E-state index is 12.2. The molecular formula is C11H14N6O. The summed E-state index contributed by atoms with van der Waals surface area (Å²) in [5.74, 6) is 0.833. The Balaban J connectivity index is 2.15. The lowest BCUT2D eigenvalue weighted by Gasteiger charge is -2.15. The van der Waals surface area contributed by atoms with Gasteiger partial charge in [0.15, 0.2) is 0 Å². The molecule has 0 aliphatic heterocycles. The molecule has 7 heteroatoms. The molecule has 0 unspecified atom stereocenters. The van der Waals surface area contributed by atoms with Crippen molar-refractivity contribution in [2.24, 2.45) is 0 Å². The number of anilines is 1. The topological polar surface area (TPSA) is 101 Å². The number of carbonyl (C=O) groups is 1. The van der Waals surface area contributed by atoms with Gasteiger partial charge in [-0.2, -0.15) is 5.10 Å². The minimum atomic E-state index is -0.136. The van der Waals surface area contributed by atoms with Crippen molar-refractivity contribution in [1.29, 1.82) is 0 Å². The summed E-state index contributed by atoms with van der Waals surface area (Å²) in [5, 5.41) is 6.44. The van der Waals surface area contributed by atoms with Crippen LogP contribution in [0.5, 0.6) is 0 Å². The molecule has 2 aromatic rings. The van der Waals surface area contributed by atoms with E-state index >= 15 is 0 Å². The van der Waals surface area contributed by atoms with Crippen molar-refractivity contribution < 1.29 is 4.79 Å². The first-order valence-corrected chi connectivity index (χ1v) is 5.40. The van der Waals surface area contributed by atoms with Gasteiger partial charge in [0.25, 0.3) is 5.91 Å². The predicted molar refractivity (Wildman–Crippen MR) is 65.6 cm³/mol. The predicted octanol–water partition coefficient (Wildman–Crippen LogP) is 0.363. The second kappa shape index (κ2) is 4.82. The number of nitrogens with two attached hydrogens (primary N) is 1. The Morgan fingerprint density at radius 1 is 1.50 bits per heavy atom. The molecule has 2 rings (SSSR count). The summed E-state index contributed by atoms with van der Waals surface area (Å²) < 4.78 is 0. The molecule has 0 fully saturated rings. The monoisotopic (exact) mass is 246 g/mol. The van der Waals surface area contributed by atoms with E-state index in [1.165, 1.54) is 11.2 Å². The van der Waals surface area contributed by atoms with E-state index in [9.17, 15) is 4.79 Å². The zero-order valence-electron chi connectivity index (χ0n) is 10.2. The van der Waals surface area contributed by atoms with Crippen molar-refractivity contribution in [2.45, 2.75) is 13.5 Å². The van der Waals surface area contributed by atoms with E-state index in [1.54, 1.807) is 26.1 Å². The van der Waals surface area contributed by atoms with E-state index in [0.717, 1.165) is 0 Å². The Hall–Kier alpha value is -2.44. The summed E-state index contributed by atoms with van der Waals surface area (Å²) in [5.41, 5.74) is 6.85. The SMILES string of the molecule is Cc1cc(C(=O)N(C)Cc2ncn[nH]2)cc(N)n1. The van der Waals surface area contributed by atoms with Gasteiger partial charge in [-0.3, -0.25) is 9.89 Å². The minimum absolute atomic E-state index is 0.136. The lowest BCUT2D eigenvalue weighted by molar-refractivity contribution is 0.0781. The number of aromatic nitrogens is 4. The van der Waals surface area contributed by atoms with Crippen LogP contribution in [-0.2, 0) is 6.54 Å². The smallest absolute Gasteiger partial charge is 0.254 e. The number of aryl methyl sites for hydroxylation is 1. The quantitative estimate of drug-likeness (QED) is 0.814. The van der Waals surface area contributed by atoms with Crippen LogP contribution < -0.4 is 5.73 Å². The fraction of sp³-hybridized carbons (Fsp3) is 0.273. The van der Waals surface area contributed by atoms with Gasteiger partial charge in [-0.25, -0.2) is 9.97 Å². The van der Waals surface area contributed by atoms with Crippen molar-refractivity contribution in [3.63, 3.8) is 0 Å². The highest BCUT2D eigenvalue weighted by atomic mass is 16.2. The second-order valence-electron chi connectivity index (χ2n) is 4.02. The third-order valence-corrected chi connectivity index (χ3v) is 2.42. The number of H-pyrrole nitrogens is 1. The normalized spacial score (nSPS) is 10.3. The largest absolute Gasteiger partial charge is 0.384 e. The summed E-state index contributed by atoms with van der Waals surface area (Å²) in [4.78, 5) is 21.7. The van der Waals surface area contributed by atoms with Crippen LogP contribution in [0.2, 0.25) is 0 Å². The van der Waals surface area contributed by atoms with Gasteiger partial charge in [-0.1, -0.05) is 0 Å². The third kappa shape index (κ3) is 2.62. The first-order chi connectivity index (χ1) is 8.56. The van der Waals surface area contributed by atoms with E-state index in [0.29, 0.717) is 29.4 Å². The van der Waals surface area contributed by atoms with E-state index in [1.807, 2.05) is 0 Å². The van der Waals surface area contributed by atoms with Crippen LogP contribution in [0.4, 0.5) is 5.82 Å². The Kier molecular flexibility index (Phi) is 3.22. The number of aromatic amines is 1. The molecule has 2 heterocycles.